The van der Waals surface area contributed by atoms with Crippen molar-refractivity contribution < 1.29 is 45.8 Å². The van der Waals surface area contributed by atoms with Gasteiger partial charge < -0.3 is 22.3 Å². The zero-order valence-corrected chi connectivity index (χ0v) is 17.6. The minimum absolute atomic E-state index is 0. The number of halogens is 7. The molecule has 3 fully saturated rings. The number of carbonyl (C=O) groups is 3. The summed E-state index contributed by atoms with van der Waals surface area (Å²) < 4.78 is 72.8. The first-order valence-corrected chi connectivity index (χ1v) is 8.83. The van der Waals surface area contributed by atoms with Gasteiger partial charge in [-0.2, -0.15) is 0 Å². The molecule has 0 heterocycles. The Kier molecular flexibility index (Phi) is 8.15. The number of carboxylic acid groups (broad SMARTS) is 1. The summed E-state index contributed by atoms with van der Waals surface area (Å²) >= 11 is 0. The lowest BCUT2D eigenvalue weighted by atomic mass is 9.67. The van der Waals surface area contributed by atoms with Crippen LogP contribution in [0.5, 0.6) is 0 Å². The Bertz CT molecular complexity index is 616. The molecule has 14 heteroatoms. The van der Waals surface area contributed by atoms with Crippen LogP contribution in [-0.2, 0) is 14.4 Å². The first kappa shape index (κ1) is 29.2. The third-order valence-corrected chi connectivity index (χ3v) is 5.35. The number of carbonyl (C=O) groups excluding carboxylic acids is 2. The van der Waals surface area contributed by atoms with Gasteiger partial charge in [0.15, 0.2) is 0 Å². The Labute approximate surface area is 180 Å². The second kappa shape index (κ2) is 8.64. The summed E-state index contributed by atoms with van der Waals surface area (Å²) in [6.07, 6.45) is -3.06. The molecular formula is C17H26ClF6N3O4. The Morgan fingerprint density at radius 2 is 0.968 bits per heavy atom. The molecule has 0 radical (unpaired) electrons. The average molecular weight is 486 g/mol. The van der Waals surface area contributed by atoms with Crippen molar-refractivity contribution in [3.8, 4) is 0 Å². The van der Waals surface area contributed by atoms with Gasteiger partial charge in [0.2, 0.25) is 23.7 Å². The summed E-state index contributed by atoms with van der Waals surface area (Å²) in [5, 5.41) is 8.39. The van der Waals surface area contributed by atoms with Gasteiger partial charge in [0.1, 0.15) is 5.54 Å². The van der Waals surface area contributed by atoms with Crippen LogP contribution in [0.25, 0.3) is 0 Å². The van der Waals surface area contributed by atoms with Gasteiger partial charge in [-0.25, -0.2) is 26.3 Å². The maximum Gasteiger partial charge on any atom is 0.309 e. The summed E-state index contributed by atoms with van der Waals surface area (Å²) in [5.41, 5.74) is 11.2. The third kappa shape index (κ3) is 7.13. The minimum Gasteiger partial charge on any atom is -0.481 e. The van der Waals surface area contributed by atoms with E-state index in [1.165, 1.54) is 13.8 Å². The Hall–Kier alpha value is -1.76. The Morgan fingerprint density at radius 1 is 0.677 bits per heavy atom. The standard InChI is InChI=1S/C6H9F2NO.C6H8F2O2.C5H8F2N2O.ClH/c2*1-5(4(9)10)2-6(7,8)3-5;6-5(7)1-4(9,2-5)3(8)10;/h2-3H2,1H3,(H2,9,10);2-3H2,1H3,(H,9,10);1-2,9H2,(H2,8,10);1H. The van der Waals surface area contributed by atoms with Crippen LogP contribution in [0.4, 0.5) is 26.3 Å². The fourth-order valence-electron chi connectivity index (χ4n) is 3.55. The first-order chi connectivity index (χ1) is 13.1. The number of aliphatic carboxylic acids is 1. The highest BCUT2D eigenvalue weighted by atomic mass is 35.5. The molecule has 0 atom stereocenters. The molecule has 0 unspecified atom stereocenters. The van der Waals surface area contributed by atoms with E-state index in [-0.39, 0.29) is 12.4 Å². The fourth-order valence-corrected chi connectivity index (χ4v) is 3.55. The van der Waals surface area contributed by atoms with Crippen LogP contribution in [0, 0.1) is 10.8 Å². The molecule has 0 bridgehead atoms. The van der Waals surface area contributed by atoms with Gasteiger partial charge in [-0.1, -0.05) is 6.92 Å². The van der Waals surface area contributed by atoms with E-state index in [2.05, 4.69) is 0 Å². The lowest BCUT2D eigenvalue weighted by Crippen LogP contribution is -2.65. The van der Waals surface area contributed by atoms with E-state index < -0.39 is 90.4 Å². The van der Waals surface area contributed by atoms with Crippen molar-refractivity contribution in [2.24, 2.45) is 28.0 Å². The van der Waals surface area contributed by atoms with Gasteiger partial charge in [-0.3, -0.25) is 14.4 Å². The number of hydrogen-bond acceptors (Lipinski definition) is 4. The molecule has 7 nitrogen and oxygen atoms in total. The molecule has 3 saturated carbocycles. The topological polar surface area (TPSA) is 150 Å². The molecule has 3 rings (SSSR count). The molecule has 0 saturated heterocycles. The van der Waals surface area contributed by atoms with Gasteiger partial charge in [-0.05, 0) is 6.92 Å². The van der Waals surface area contributed by atoms with Crippen molar-refractivity contribution in [1.82, 2.24) is 0 Å². The Morgan fingerprint density at radius 3 is 1.06 bits per heavy atom. The summed E-state index contributed by atoms with van der Waals surface area (Å²) in [4.78, 5) is 31.1. The van der Waals surface area contributed by atoms with Gasteiger partial charge in [-0.15, -0.1) is 12.4 Å². The predicted octanol–water partition coefficient (Wildman–Crippen LogP) is 2.43. The Balaban J connectivity index is 0.000000429. The van der Waals surface area contributed by atoms with Crippen molar-refractivity contribution in [1.29, 1.82) is 0 Å². The van der Waals surface area contributed by atoms with Crippen LogP contribution in [0.15, 0.2) is 0 Å². The summed E-state index contributed by atoms with van der Waals surface area (Å²) in [5.74, 6) is -10.8. The second-order valence-electron chi connectivity index (χ2n) is 8.94. The van der Waals surface area contributed by atoms with E-state index >= 15 is 0 Å². The molecule has 0 aromatic heterocycles. The minimum atomic E-state index is -2.79. The number of hydrogen-bond donors (Lipinski definition) is 4. The molecule has 0 aliphatic heterocycles. The maximum atomic E-state index is 12.2. The van der Waals surface area contributed by atoms with E-state index in [1.54, 1.807) is 0 Å². The third-order valence-electron chi connectivity index (χ3n) is 5.35. The van der Waals surface area contributed by atoms with E-state index in [0.717, 1.165) is 0 Å². The maximum absolute atomic E-state index is 12.2. The number of amides is 2. The van der Waals surface area contributed by atoms with Crippen molar-refractivity contribution in [3.05, 3.63) is 0 Å². The van der Waals surface area contributed by atoms with Crippen LogP contribution >= 0.6 is 12.4 Å². The highest BCUT2D eigenvalue weighted by Gasteiger charge is 2.59. The van der Waals surface area contributed by atoms with Crippen LogP contribution in [0.3, 0.4) is 0 Å². The molecule has 0 aromatic carbocycles. The molecule has 3 aliphatic carbocycles. The largest absolute Gasteiger partial charge is 0.481 e. The van der Waals surface area contributed by atoms with Crippen molar-refractivity contribution in [2.75, 3.05) is 0 Å². The number of alkyl halides is 6. The normalized spacial score (nSPS) is 26.2. The van der Waals surface area contributed by atoms with E-state index in [1.807, 2.05) is 0 Å². The van der Waals surface area contributed by atoms with E-state index in [4.69, 9.17) is 22.3 Å². The number of rotatable bonds is 3. The van der Waals surface area contributed by atoms with Crippen molar-refractivity contribution >= 4 is 30.2 Å². The number of primary amides is 2. The monoisotopic (exact) mass is 485 g/mol. The van der Waals surface area contributed by atoms with Crippen LogP contribution < -0.4 is 17.2 Å². The van der Waals surface area contributed by atoms with Gasteiger partial charge in [0.25, 0.3) is 5.92 Å². The SMILES string of the molecule is CC1(C(=O)O)CC(F)(F)C1.CC1(C(N)=O)CC(F)(F)C1.Cl.NC(=O)C1(N)CC(F)(F)C1. The molecule has 31 heavy (non-hydrogen) atoms. The fraction of sp³-hybridized carbons (Fsp3) is 0.824. The van der Waals surface area contributed by atoms with Gasteiger partial charge in [0, 0.05) is 38.5 Å². The van der Waals surface area contributed by atoms with Gasteiger partial charge >= 0.3 is 5.97 Å². The highest BCUT2D eigenvalue weighted by molar-refractivity contribution is 5.86. The first-order valence-electron chi connectivity index (χ1n) is 8.83. The van der Waals surface area contributed by atoms with E-state index in [0.29, 0.717) is 0 Å². The van der Waals surface area contributed by atoms with E-state index in [9.17, 15) is 40.7 Å². The quantitative estimate of drug-likeness (QED) is 0.453. The molecule has 7 N–H and O–H groups in total. The second-order valence-corrected chi connectivity index (χ2v) is 8.94. The van der Waals surface area contributed by atoms with Crippen molar-refractivity contribution in [3.63, 3.8) is 0 Å². The van der Waals surface area contributed by atoms with Crippen LogP contribution in [0.2, 0.25) is 0 Å². The number of nitrogens with two attached hydrogens (primary N) is 3. The zero-order valence-electron chi connectivity index (χ0n) is 16.8. The molecule has 0 aromatic rings. The zero-order chi connectivity index (χ0) is 24.0. The summed E-state index contributed by atoms with van der Waals surface area (Å²) in [6.45, 7) is 2.81. The lowest BCUT2D eigenvalue weighted by molar-refractivity contribution is -0.189. The summed E-state index contributed by atoms with van der Waals surface area (Å²) in [6, 6.07) is 0. The predicted molar refractivity (Wildman–Crippen MR) is 98.9 cm³/mol. The molecule has 3 aliphatic rings. The molecule has 182 valence electrons. The lowest BCUT2D eigenvalue weighted by Gasteiger charge is -2.42. The average Bonchev–Trinajstić information content (AvgIpc) is 2.41. The smallest absolute Gasteiger partial charge is 0.309 e. The molecule has 0 spiro atoms. The summed E-state index contributed by atoms with van der Waals surface area (Å²) in [7, 11) is 0. The van der Waals surface area contributed by atoms with Gasteiger partial charge in [0.05, 0.1) is 10.8 Å². The van der Waals surface area contributed by atoms with Crippen LogP contribution in [-0.4, -0.2) is 46.2 Å². The molecular weight excluding hydrogens is 460 g/mol. The van der Waals surface area contributed by atoms with Crippen LogP contribution in [0.1, 0.15) is 52.4 Å². The highest BCUT2D eigenvalue weighted by Crippen LogP contribution is 2.52. The number of carboxylic acids is 1. The molecule has 2 amide bonds. The van der Waals surface area contributed by atoms with Crippen molar-refractivity contribution in [2.45, 2.75) is 75.7 Å².